The summed E-state index contributed by atoms with van der Waals surface area (Å²) in [4.78, 5) is 25.8. The van der Waals surface area contributed by atoms with Crippen molar-refractivity contribution >= 4 is 11.5 Å². The van der Waals surface area contributed by atoms with Crippen LogP contribution in [0.5, 0.6) is 0 Å². The Labute approximate surface area is 116 Å². The van der Waals surface area contributed by atoms with Crippen LogP contribution in [0.2, 0.25) is 0 Å². The molecule has 1 heterocycles. The fourth-order valence-corrected chi connectivity index (χ4v) is 1.80. The third-order valence-electron chi connectivity index (χ3n) is 2.97. The number of ether oxygens (including phenoxy) is 2. The number of rotatable bonds is 8. The highest BCUT2D eigenvalue weighted by Gasteiger charge is 2.15. The minimum atomic E-state index is -0.546. The molecule has 0 aromatic carbocycles. The Bertz CT molecular complexity index is 537. The lowest BCUT2D eigenvalue weighted by molar-refractivity contribution is 0.184. The zero-order valence-corrected chi connectivity index (χ0v) is 12.1. The fourth-order valence-electron chi connectivity index (χ4n) is 1.80. The molecule has 0 bridgehead atoms. The number of aromatic nitrogens is 2. The molecule has 8 nitrogen and oxygen atoms in total. The smallest absolute Gasteiger partial charge is 0.330 e. The highest BCUT2D eigenvalue weighted by atomic mass is 16.5. The third-order valence-corrected chi connectivity index (χ3v) is 2.97. The Morgan fingerprint density at radius 1 is 1.35 bits per heavy atom. The average Bonchev–Trinajstić information content (AvgIpc) is 2.42. The van der Waals surface area contributed by atoms with Crippen LogP contribution in [0.4, 0.5) is 11.5 Å². The standard InChI is InChI=1S/C12H22N4O4/c1-4-8(7-20-3)14-9-10(13)16(5-6-19-2)12(18)15-11(9)17/h8,14H,4-7,13H2,1-3H3,(H,15,17,18). The second kappa shape index (κ2) is 7.71. The van der Waals surface area contributed by atoms with Gasteiger partial charge in [0.05, 0.1) is 19.8 Å². The monoisotopic (exact) mass is 286 g/mol. The van der Waals surface area contributed by atoms with Crippen molar-refractivity contribution in [2.45, 2.75) is 25.9 Å². The van der Waals surface area contributed by atoms with Crippen LogP contribution >= 0.6 is 0 Å². The minimum absolute atomic E-state index is 0.0585. The Balaban J connectivity index is 3.12. The summed E-state index contributed by atoms with van der Waals surface area (Å²) < 4.78 is 11.3. The number of methoxy groups -OCH3 is 2. The van der Waals surface area contributed by atoms with Crippen LogP contribution in [0.3, 0.4) is 0 Å². The summed E-state index contributed by atoms with van der Waals surface area (Å²) in [6, 6.07) is -0.0585. The molecule has 0 saturated carbocycles. The van der Waals surface area contributed by atoms with E-state index in [1.165, 1.54) is 11.7 Å². The van der Waals surface area contributed by atoms with Crippen molar-refractivity contribution in [3.63, 3.8) is 0 Å². The van der Waals surface area contributed by atoms with E-state index in [2.05, 4.69) is 10.3 Å². The molecule has 1 atom stereocenters. The predicted octanol–water partition coefficient (Wildman–Crippen LogP) is -0.398. The second-order valence-corrected chi connectivity index (χ2v) is 4.37. The number of H-pyrrole nitrogens is 1. The van der Waals surface area contributed by atoms with E-state index in [1.807, 2.05) is 6.92 Å². The maximum Gasteiger partial charge on any atom is 0.330 e. The van der Waals surface area contributed by atoms with E-state index in [9.17, 15) is 9.59 Å². The molecule has 114 valence electrons. The molecule has 4 N–H and O–H groups in total. The lowest BCUT2D eigenvalue weighted by atomic mass is 10.2. The topological polar surface area (TPSA) is 111 Å². The molecule has 0 saturated heterocycles. The van der Waals surface area contributed by atoms with Gasteiger partial charge in [-0.1, -0.05) is 6.92 Å². The van der Waals surface area contributed by atoms with Crippen molar-refractivity contribution in [1.82, 2.24) is 9.55 Å². The van der Waals surface area contributed by atoms with Gasteiger partial charge in [-0.3, -0.25) is 14.3 Å². The normalized spacial score (nSPS) is 12.3. The summed E-state index contributed by atoms with van der Waals surface area (Å²) in [5.41, 5.74) is 5.02. The molecule has 1 unspecified atom stereocenters. The van der Waals surface area contributed by atoms with Gasteiger partial charge < -0.3 is 20.5 Å². The molecule has 0 radical (unpaired) electrons. The summed E-state index contributed by atoms with van der Waals surface area (Å²) >= 11 is 0. The Morgan fingerprint density at radius 2 is 2.05 bits per heavy atom. The summed E-state index contributed by atoms with van der Waals surface area (Å²) in [7, 11) is 3.11. The molecule has 0 amide bonds. The Morgan fingerprint density at radius 3 is 2.60 bits per heavy atom. The van der Waals surface area contributed by atoms with Crippen molar-refractivity contribution in [1.29, 1.82) is 0 Å². The van der Waals surface area contributed by atoms with Crippen molar-refractivity contribution < 1.29 is 9.47 Å². The number of nitrogen functional groups attached to an aromatic ring is 1. The van der Waals surface area contributed by atoms with E-state index in [0.717, 1.165) is 6.42 Å². The highest BCUT2D eigenvalue weighted by molar-refractivity contribution is 5.60. The number of anilines is 2. The number of nitrogens with two attached hydrogens (primary N) is 1. The average molecular weight is 286 g/mol. The number of nitrogens with zero attached hydrogens (tertiary/aromatic N) is 1. The van der Waals surface area contributed by atoms with E-state index >= 15 is 0 Å². The Hall–Kier alpha value is -1.80. The Kier molecular flexibility index (Phi) is 6.26. The van der Waals surface area contributed by atoms with Crippen LogP contribution in [0.25, 0.3) is 0 Å². The third kappa shape index (κ3) is 3.84. The first-order valence-electron chi connectivity index (χ1n) is 6.42. The molecule has 1 aromatic rings. The number of hydrogen-bond donors (Lipinski definition) is 3. The van der Waals surface area contributed by atoms with Gasteiger partial charge in [0.25, 0.3) is 5.56 Å². The lowest BCUT2D eigenvalue weighted by Gasteiger charge is -2.19. The van der Waals surface area contributed by atoms with Crippen molar-refractivity contribution in [3.05, 3.63) is 20.8 Å². The van der Waals surface area contributed by atoms with E-state index in [1.54, 1.807) is 7.11 Å². The van der Waals surface area contributed by atoms with Crippen LogP contribution in [-0.2, 0) is 16.0 Å². The molecule has 0 aliphatic heterocycles. The molecular weight excluding hydrogens is 264 g/mol. The number of aromatic amines is 1. The second-order valence-electron chi connectivity index (χ2n) is 4.37. The molecular formula is C12H22N4O4. The predicted molar refractivity (Wildman–Crippen MR) is 77.2 cm³/mol. The SMILES string of the molecule is CCC(COC)Nc1c(N)n(CCOC)c(=O)[nH]c1=O. The van der Waals surface area contributed by atoms with Crippen LogP contribution in [0.1, 0.15) is 13.3 Å². The van der Waals surface area contributed by atoms with Gasteiger partial charge in [-0.25, -0.2) is 4.79 Å². The fraction of sp³-hybridized carbons (Fsp3) is 0.667. The number of hydrogen-bond acceptors (Lipinski definition) is 6. The van der Waals surface area contributed by atoms with Crippen LogP contribution in [-0.4, -0.2) is 43.0 Å². The lowest BCUT2D eigenvalue weighted by Crippen LogP contribution is -2.37. The molecule has 0 aliphatic rings. The first-order chi connectivity index (χ1) is 9.54. The van der Waals surface area contributed by atoms with E-state index in [4.69, 9.17) is 15.2 Å². The molecule has 1 aromatic heterocycles. The molecule has 0 fully saturated rings. The zero-order valence-electron chi connectivity index (χ0n) is 12.1. The number of nitrogens with one attached hydrogen (secondary N) is 2. The van der Waals surface area contributed by atoms with E-state index < -0.39 is 11.2 Å². The van der Waals surface area contributed by atoms with Crippen LogP contribution in [0.15, 0.2) is 9.59 Å². The van der Waals surface area contributed by atoms with Crippen LogP contribution < -0.4 is 22.3 Å². The molecule has 0 spiro atoms. The molecule has 20 heavy (non-hydrogen) atoms. The van der Waals surface area contributed by atoms with Gasteiger partial charge >= 0.3 is 5.69 Å². The molecule has 1 rings (SSSR count). The van der Waals surface area contributed by atoms with Crippen LogP contribution in [0, 0.1) is 0 Å². The van der Waals surface area contributed by atoms with Crippen molar-refractivity contribution in [2.75, 3.05) is 38.5 Å². The molecule has 0 aliphatic carbocycles. The first-order valence-corrected chi connectivity index (χ1v) is 6.42. The van der Waals surface area contributed by atoms with E-state index in [0.29, 0.717) is 13.2 Å². The van der Waals surface area contributed by atoms with Gasteiger partial charge in [0.15, 0.2) is 0 Å². The van der Waals surface area contributed by atoms with Gasteiger partial charge in [-0.05, 0) is 6.42 Å². The van der Waals surface area contributed by atoms with Gasteiger partial charge in [-0.15, -0.1) is 0 Å². The largest absolute Gasteiger partial charge is 0.383 e. The highest BCUT2D eigenvalue weighted by Crippen LogP contribution is 2.12. The molecule has 8 heteroatoms. The summed E-state index contributed by atoms with van der Waals surface area (Å²) in [6.07, 6.45) is 0.754. The van der Waals surface area contributed by atoms with Gasteiger partial charge in [-0.2, -0.15) is 0 Å². The maximum absolute atomic E-state index is 11.9. The van der Waals surface area contributed by atoms with Gasteiger partial charge in [0.1, 0.15) is 11.5 Å². The van der Waals surface area contributed by atoms with Crippen molar-refractivity contribution in [3.8, 4) is 0 Å². The zero-order chi connectivity index (χ0) is 15.1. The van der Waals surface area contributed by atoms with Crippen molar-refractivity contribution in [2.24, 2.45) is 0 Å². The quantitative estimate of drug-likeness (QED) is 0.599. The maximum atomic E-state index is 11.9. The minimum Gasteiger partial charge on any atom is -0.383 e. The first kappa shape index (κ1) is 16.3. The van der Waals surface area contributed by atoms with Gasteiger partial charge in [0, 0.05) is 20.3 Å². The van der Waals surface area contributed by atoms with Gasteiger partial charge in [0.2, 0.25) is 0 Å². The summed E-state index contributed by atoms with van der Waals surface area (Å²) in [5, 5.41) is 3.02. The van der Waals surface area contributed by atoms with E-state index in [-0.39, 0.29) is 24.1 Å². The summed E-state index contributed by atoms with van der Waals surface area (Å²) in [5.74, 6) is 0.102. The summed E-state index contributed by atoms with van der Waals surface area (Å²) in [6.45, 7) is 2.99.